The molecule has 0 aliphatic heterocycles. The van der Waals surface area contributed by atoms with Crippen LogP contribution in [0.2, 0.25) is 5.28 Å². The van der Waals surface area contributed by atoms with E-state index in [9.17, 15) is 0 Å². The number of halogens is 1. The molecule has 2 aromatic rings. The van der Waals surface area contributed by atoms with Gasteiger partial charge in [0.1, 0.15) is 5.75 Å². The number of rotatable bonds is 2. The van der Waals surface area contributed by atoms with Gasteiger partial charge in [-0.15, -0.1) is 0 Å². The fraction of sp³-hybridized carbons (Fsp3) is 0.231. The Morgan fingerprint density at radius 3 is 2.35 bits per heavy atom. The van der Waals surface area contributed by atoms with Gasteiger partial charge < -0.3 is 4.74 Å². The Kier molecular flexibility index (Phi) is 3.29. The first-order valence-electron chi connectivity index (χ1n) is 5.30. The zero-order valence-electron chi connectivity index (χ0n) is 9.99. The first-order valence-corrected chi connectivity index (χ1v) is 5.67. The van der Waals surface area contributed by atoms with Crippen LogP contribution in [-0.4, -0.2) is 9.97 Å². The highest BCUT2D eigenvalue weighted by molar-refractivity contribution is 6.28. The van der Waals surface area contributed by atoms with Gasteiger partial charge in [-0.05, 0) is 55.6 Å². The monoisotopic (exact) mass is 248 g/mol. The third-order valence-electron chi connectivity index (χ3n) is 2.31. The van der Waals surface area contributed by atoms with E-state index in [1.54, 1.807) is 6.20 Å². The van der Waals surface area contributed by atoms with Crippen LogP contribution in [0.4, 0.5) is 0 Å². The van der Waals surface area contributed by atoms with Gasteiger partial charge in [0.25, 0.3) is 0 Å². The molecule has 17 heavy (non-hydrogen) atoms. The Hall–Kier alpha value is -1.61. The second-order valence-electron chi connectivity index (χ2n) is 4.05. The van der Waals surface area contributed by atoms with Crippen molar-refractivity contribution < 1.29 is 4.74 Å². The maximum Gasteiger partial charge on any atom is 0.226 e. The second kappa shape index (κ2) is 4.72. The minimum absolute atomic E-state index is 0.190. The van der Waals surface area contributed by atoms with E-state index in [2.05, 4.69) is 16.0 Å². The molecule has 0 bridgehead atoms. The number of ether oxygens (including phenoxy) is 1. The number of hydrogen-bond acceptors (Lipinski definition) is 3. The summed E-state index contributed by atoms with van der Waals surface area (Å²) in [5.41, 5.74) is 3.16. The van der Waals surface area contributed by atoms with Gasteiger partial charge in [0.15, 0.2) is 0 Å². The highest BCUT2D eigenvalue weighted by Gasteiger charge is 2.06. The molecular weight excluding hydrogens is 236 g/mol. The summed E-state index contributed by atoms with van der Waals surface area (Å²) in [6.07, 6.45) is 1.65. The van der Waals surface area contributed by atoms with Crippen LogP contribution in [0.5, 0.6) is 11.6 Å². The summed E-state index contributed by atoms with van der Waals surface area (Å²) in [6.45, 7) is 5.94. The van der Waals surface area contributed by atoms with E-state index >= 15 is 0 Å². The molecule has 1 aromatic carbocycles. The van der Waals surface area contributed by atoms with Gasteiger partial charge in [-0.25, -0.2) is 4.98 Å². The van der Waals surface area contributed by atoms with Crippen molar-refractivity contribution in [1.82, 2.24) is 9.97 Å². The third kappa shape index (κ3) is 2.94. The predicted molar refractivity (Wildman–Crippen MR) is 67.8 cm³/mol. The number of hydrogen-bond donors (Lipinski definition) is 0. The van der Waals surface area contributed by atoms with Gasteiger partial charge >= 0.3 is 0 Å². The van der Waals surface area contributed by atoms with Crippen LogP contribution in [-0.2, 0) is 0 Å². The smallest absolute Gasteiger partial charge is 0.226 e. The molecule has 0 atom stereocenters. The lowest BCUT2D eigenvalue weighted by molar-refractivity contribution is 0.456. The lowest BCUT2D eigenvalue weighted by Gasteiger charge is -2.08. The lowest BCUT2D eigenvalue weighted by atomic mass is 10.1. The van der Waals surface area contributed by atoms with Crippen molar-refractivity contribution >= 4 is 11.6 Å². The highest BCUT2D eigenvalue weighted by atomic mass is 35.5. The van der Waals surface area contributed by atoms with Crippen LogP contribution in [0.1, 0.15) is 16.7 Å². The molecule has 3 nitrogen and oxygen atoms in total. The topological polar surface area (TPSA) is 35.0 Å². The summed E-state index contributed by atoms with van der Waals surface area (Å²) < 4.78 is 5.72. The Morgan fingerprint density at radius 2 is 1.71 bits per heavy atom. The summed E-state index contributed by atoms with van der Waals surface area (Å²) in [6, 6.07) is 6.01. The van der Waals surface area contributed by atoms with E-state index in [0.29, 0.717) is 5.88 Å². The molecule has 0 aliphatic carbocycles. The molecule has 0 unspecified atom stereocenters. The zero-order valence-corrected chi connectivity index (χ0v) is 10.7. The van der Waals surface area contributed by atoms with Crippen LogP contribution < -0.4 is 4.74 Å². The van der Waals surface area contributed by atoms with E-state index in [4.69, 9.17) is 16.3 Å². The van der Waals surface area contributed by atoms with Gasteiger partial charge in [-0.2, -0.15) is 4.98 Å². The Bertz CT molecular complexity index is 535. The SMILES string of the molecule is Cc1cc(C)cc(Oc2nc(Cl)ncc2C)c1. The van der Waals surface area contributed by atoms with Crippen molar-refractivity contribution in [2.45, 2.75) is 20.8 Å². The summed E-state index contributed by atoms with van der Waals surface area (Å²) in [5.74, 6) is 1.26. The molecule has 2 rings (SSSR count). The van der Waals surface area contributed by atoms with Crippen LogP contribution in [0.3, 0.4) is 0 Å². The first kappa shape index (κ1) is 11.9. The Morgan fingerprint density at radius 1 is 1.06 bits per heavy atom. The molecule has 88 valence electrons. The molecule has 0 aliphatic rings. The number of benzene rings is 1. The molecule has 0 spiro atoms. The van der Waals surface area contributed by atoms with E-state index < -0.39 is 0 Å². The molecule has 0 amide bonds. The van der Waals surface area contributed by atoms with Gasteiger partial charge in [-0.1, -0.05) is 6.07 Å². The maximum absolute atomic E-state index is 5.74. The zero-order chi connectivity index (χ0) is 12.4. The van der Waals surface area contributed by atoms with Crippen molar-refractivity contribution in [1.29, 1.82) is 0 Å². The summed E-state index contributed by atoms with van der Waals surface area (Å²) >= 11 is 5.74. The van der Waals surface area contributed by atoms with Crippen molar-refractivity contribution in [2.24, 2.45) is 0 Å². The molecule has 1 aromatic heterocycles. The fourth-order valence-electron chi connectivity index (χ4n) is 1.61. The van der Waals surface area contributed by atoms with E-state index in [1.165, 1.54) is 0 Å². The fourth-order valence-corrected chi connectivity index (χ4v) is 1.74. The van der Waals surface area contributed by atoms with Gasteiger partial charge in [0.2, 0.25) is 11.2 Å². The minimum atomic E-state index is 0.190. The van der Waals surface area contributed by atoms with Crippen molar-refractivity contribution in [3.63, 3.8) is 0 Å². The van der Waals surface area contributed by atoms with E-state index in [1.807, 2.05) is 32.9 Å². The molecule has 0 radical (unpaired) electrons. The maximum atomic E-state index is 5.74. The summed E-state index contributed by atoms with van der Waals surface area (Å²) in [4.78, 5) is 7.95. The number of aryl methyl sites for hydroxylation is 3. The van der Waals surface area contributed by atoms with Crippen LogP contribution >= 0.6 is 11.6 Å². The minimum Gasteiger partial charge on any atom is -0.439 e. The van der Waals surface area contributed by atoms with Crippen molar-refractivity contribution in [2.75, 3.05) is 0 Å². The number of nitrogens with zero attached hydrogens (tertiary/aromatic N) is 2. The molecule has 0 fully saturated rings. The Balaban J connectivity index is 2.34. The third-order valence-corrected chi connectivity index (χ3v) is 2.49. The largest absolute Gasteiger partial charge is 0.439 e. The molecule has 0 N–H and O–H groups in total. The van der Waals surface area contributed by atoms with Crippen LogP contribution in [0.15, 0.2) is 24.4 Å². The predicted octanol–water partition coefficient (Wildman–Crippen LogP) is 3.85. The van der Waals surface area contributed by atoms with Gasteiger partial charge in [0, 0.05) is 11.8 Å². The summed E-state index contributed by atoms with van der Waals surface area (Å²) in [7, 11) is 0. The summed E-state index contributed by atoms with van der Waals surface area (Å²) in [5, 5.41) is 0.190. The van der Waals surface area contributed by atoms with Gasteiger partial charge in [-0.3, -0.25) is 0 Å². The normalized spacial score (nSPS) is 10.4. The Labute approximate surface area is 105 Å². The molecule has 4 heteroatoms. The average Bonchev–Trinajstić information content (AvgIpc) is 2.22. The second-order valence-corrected chi connectivity index (χ2v) is 4.39. The van der Waals surface area contributed by atoms with Crippen LogP contribution in [0, 0.1) is 20.8 Å². The molecular formula is C13H13ClN2O. The van der Waals surface area contributed by atoms with Gasteiger partial charge in [0.05, 0.1) is 0 Å². The molecule has 0 saturated carbocycles. The van der Waals surface area contributed by atoms with Crippen LogP contribution in [0.25, 0.3) is 0 Å². The number of aromatic nitrogens is 2. The quantitative estimate of drug-likeness (QED) is 0.758. The van der Waals surface area contributed by atoms with Crippen molar-refractivity contribution in [3.05, 3.63) is 46.4 Å². The highest BCUT2D eigenvalue weighted by Crippen LogP contribution is 2.25. The molecule has 0 saturated heterocycles. The lowest BCUT2D eigenvalue weighted by Crippen LogP contribution is -1.94. The first-order chi connectivity index (χ1) is 8.04. The van der Waals surface area contributed by atoms with E-state index in [-0.39, 0.29) is 5.28 Å². The molecule has 1 heterocycles. The standard InChI is InChI=1S/C13H13ClN2O/c1-8-4-9(2)6-11(5-8)17-12-10(3)7-15-13(14)16-12/h4-7H,1-3H3. The average molecular weight is 249 g/mol. The van der Waals surface area contributed by atoms with E-state index in [0.717, 1.165) is 22.4 Å². The van der Waals surface area contributed by atoms with Crippen molar-refractivity contribution in [3.8, 4) is 11.6 Å².